The summed E-state index contributed by atoms with van der Waals surface area (Å²) in [6, 6.07) is 6.96. The van der Waals surface area contributed by atoms with Crippen LogP contribution in [-0.4, -0.2) is 22.0 Å². The number of carboxylic acid groups (broad SMARTS) is 1. The van der Waals surface area contributed by atoms with E-state index in [1.165, 1.54) is 43.5 Å². The third-order valence-electron chi connectivity index (χ3n) is 2.77. The number of hydrogen-bond acceptors (Lipinski definition) is 3. The molecule has 1 amide bonds. The van der Waals surface area contributed by atoms with Gasteiger partial charge < -0.3 is 10.4 Å². The van der Waals surface area contributed by atoms with E-state index in [-0.39, 0.29) is 22.5 Å². The second kappa shape index (κ2) is 5.48. The maximum absolute atomic E-state index is 13.4. The van der Waals surface area contributed by atoms with E-state index >= 15 is 0 Å². The van der Waals surface area contributed by atoms with Crippen molar-refractivity contribution in [3.05, 3.63) is 59.2 Å². The molecule has 5 nitrogen and oxygen atoms in total. The number of benzene rings is 1. The normalized spacial score (nSPS) is 10.1. The summed E-state index contributed by atoms with van der Waals surface area (Å²) in [5, 5.41) is 11.5. The molecule has 1 heterocycles. The van der Waals surface area contributed by atoms with Crippen LogP contribution in [0.1, 0.15) is 26.4 Å². The lowest BCUT2D eigenvalue weighted by atomic mass is 10.1. The van der Waals surface area contributed by atoms with Crippen molar-refractivity contribution in [3.63, 3.8) is 0 Å². The van der Waals surface area contributed by atoms with Gasteiger partial charge >= 0.3 is 5.97 Å². The van der Waals surface area contributed by atoms with E-state index in [4.69, 9.17) is 5.11 Å². The van der Waals surface area contributed by atoms with Gasteiger partial charge in [-0.15, -0.1) is 0 Å². The monoisotopic (exact) mass is 274 g/mol. The van der Waals surface area contributed by atoms with Crippen LogP contribution in [0.4, 0.5) is 10.1 Å². The fourth-order valence-corrected chi connectivity index (χ4v) is 1.68. The van der Waals surface area contributed by atoms with Crippen LogP contribution in [0.2, 0.25) is 0 Å². The molecule has 0 aliphatic rings. The van der Waals surface area contributed by atoms with Crippen LogP contribution in [0.25, 0.3) is 0 Å². The highest BCUT2D eigenvalue weighted by atomic mass is 19.1. The Labute approximate surface area is 114 Å². The second-order valence-corrected chi connectivity index (χ2v) is 4.07. The van der Waals surface area contributed by atoms with Gasteiger partial charge in [-0.05, 0) is 31.2 Å². The minimum Gasteiger partial charge on any atom is -0.478 e. The van der Waals surface area contributed by atoms with Crippen molar-refractivity contribution in [2.45, 2.75) is 6.92 Å². The number of aromatic nitrogens is 1. The zero-order valence-electron chi connectivity index (χ0n) is 10.6. The minimum atomic E-state index is -1.25. The van der Waals surface area contributed by atoms with Crippen LogP contribution < -0.4 is 5.32 Å². The van der Waals surface area contributed by atoms with Crippen molar-refractivity contribution < 1.29 is 19.1 Å². The maximum atomic E-state index is 13.4. The molecule has 0 saturated carbocycles. The van der Waals surface area contributed by atoms with Crippen LogP contribution >= 0.6 is 0 Å². The summed E-state index contributed by atoms with van der Waals surface area (Å²) in [7, 11) is 0. The predicted molar refractivity (Wildman–Crippen MR) is 70.3 cm³/mol. The van der Waals surface area contributed by atoms with Crippen molar-refractivity contribution in [1.82, 2.24) is 4.98 Å². The van der Waals surface area contributed by atoms with Crippen LogP contribution in [0.3, 0.4) is 0 Å². The molecule has 0 atom stereocenters. The number of amides is 1. The number of nitrogens with one attached hydrogen (secondary N) is 1. The van der Waals surface area contributed by atoms with E-state index in [1.54, 1.807) is 0 Å². The molecule has 0 unspecified atom stereocenters. The molecule has 6 heteroatoms. The summed E-state index contributed by atoms with van der Waals surface area (Å²) >= 11 is 0. The van der Waals surface area contributed by atoms with Crippen molar-refractivity contribution in [2.24, 2.45) is 0 Å². The van der Waals surface area contributed by atoms with Gasteiger partial charge in [0.05, 0.1) is 5.56 Å². The molecule has 102 valence electrons. The number of carbonyl (C=O) groups excluding carboxylic acids is 1. The summed E-state index contributed by atoms with van der Waals surface area (Å²) < 4.78 is 13.4. The number of halogens is 1. The Hall–Kier alpha value is -2.76. The van der Waals surface area contributed by atoms with Gasteiger partial charge in [-0.1, -0.05) is 6.07 Å². The number of aromatic carboxylic acids is 1. The van der Waals surface area contributed by atoms with E-state index < -0.39 is 17.7 Å². The molecule has 0 saturated heterocycles. The van der Waals surface area contributed by atoms with Crippen LogP contribution in [0.5, 0.6) is 0 Å². The number of carboxylic acids is 1. The second-order valence-electron chi connectivity index (χ2n) is 4.07. The highest BCUT2D eigenvalue weighted by molar-refractivity contribution is 6.09. The first kappa shape index (κ1) is 13.7. The summed E-state index contributed by atoms with van der Waals surface area (Å²) in [4.78, 5) is 26.8. The fourth-order valence-electron chi connectivity index (χ4n) is 1.68. The fraction of sp³-hybridized carbons (Fsp3) is 0.0714. The first-order valence-electron chi connectivity index (χ1n) is 5.75. The van der Waals surface area contributed by atoms with E-state index in [0.717, 1.165) is 0 Å². The molecule has 2 aromatic rings. The molecule has 0 bridgehead atoms. The smallest absolute Gasteiger partial charge is 0.338 e. The molecule has 20 heavy (non-hydrogen) atoms. The largest absolute Gasteiger partial charge is 0.478 e. The SMILES string of the molecule is Cc1c(F)cccc1NC(=O)c1ncccc1C(=O)O. The summed E-state index contributed by atoms with van der Waals surface area (Å²) in [5.74, 6) is -2.40. The number of rotatable bonds is 3. The van der Waals surface area contributed by atoms with Gasteiger partial charge in [-0.25, -0.2) is 9.18 Å². The van der Waals surface area contributed by atoms with Crippen LogP contribution in [0.15, 0.2) is 36.5 Å². The summed E-state index contributed by atoms with van der Waals surface area (Å²) in [6.07, 6.45) is 1.32. The van der Waals surface area contributed by atoms with Gasteiger partial charge in [0.15, 0.2) is 0 Å². The molecule has 2 N–H and O–H groups in total. The van der Waals surface area contributed by atoms with Gasteiger partial charge in [-0.3, -0.25) is 9.78 Å². The zero-order chi connectivity index (χ0) is 14.7. The number of nitrogens with zero attached hydrogens (tertiary/aromatic N) is 1. The predicted octanol–water partition coefficient (Wildman–Crippen LogP) is 2.48. The summed E-state index contributed by atoms with van der Waals surface area (Å²) in [5.41, 5.74) is 0.119. The van der Waals surface area contributed by atoms with Crippen LogP contribution in [0, 0.1) is 12.7 Å². The Morgan fingerprint density at radius 1 is 1.25 bits per heavy atom. The Bertz CT molecular complexity index is 686. The third-order valence-corrected chi connectivity index (χ3v) is 2.77. The Morgan fingerprint density at radius 2 is 2.00 bits per heavy atom. The van der Waals surface area contributed by atoms with E-state index in [2.05, 4.69) is 10.3 Å². The average Bonchev–Trinajstić information content (AvgIpc) is 2.43. The Morgan fingerprint density at radius 3 is 2.70 bits per heavy atom. The Balaban J connectivity index is 2.34. The third kappa shape index (κ3) is 2.64. The average molecular weight is 274 g/mol. The highest BCUT2D eigenvalue weighted by Crippen LogP contribution is 2.18. The van der Waals surface area contributed by atoms with Gasteiger partial charge in [0.25, 0.3) is 5.91 Å². The van der Waals surface area contributed by atoms with Gasteiger partial charge in [0, 0.05) is 17.4 Å². The number of pyridine rings is 1. The van der Waals surface area contributed by atoms with Crippen molar-refractivity contribution in [2.75, 3.05) is 5.32 Å². The van der Waals surface area contributed by atoms with Crippen molar-refractivity contribution in [1.29, 1.82) is 0 Å². The highest BCUT2D eigenvalue weighted by Gasteiger charge is 2.18. The lowest BCUT2D eigenvalue weighted by Crippen LogP contribution is -2.18. The van der Waals surface area contributed by atoms with E-state index in [9.17, 15) is 14.0 Å². The molecule has 0 aliphatic carbocycles. The zero-order valence-corrected chi connectivity index (χ0v) is 10.6. The Kier molecular flexibility index (Phi) is 3.74. The standard InChI is InChI=1S/C14H11FN2O3/c1-8-10(15)5-2-6-11(8)17-13(18)12-9(14(19)20)4-3-7-16-12/h2-7H,1H3,(H,17,18)(H,19,20). The topological polar surface area (TPSA) is 79.3 Å². The number of carbonyl (C=O) groups is 2. The molecular formula is C14H11FN2O3. The van der Waals surface area contributed by atoms with Crippen molar-refractivity contribution in [3.8, 4) is 0 Å². The molecule has 0 fully saturated rings. The van der Waals surface area contributed by atoms with Crippen molar-refractivity contribution >= 4 is 17.6 Å². The minimum absolute atomic E-state index is 0.209. The maximum Gasteiger partial charge on any atom is 0.338 e. The van der Waals surface area contributed by atoms with E-state index in [1.807, 2.05) is 0 Å². The van der Waals surface area contributed by atoms with Crippen LogP contribution in [-0.2, 0) is 0 Å². The molecule has 1 aromatic heterocycles. The number of hydrogen-bond donors (Lipinski definition) is 2. The van der Waals surface area contributed by atoms with E-state index in [0.29, 0.717) is 0 Å². The quantitative estimate of drug-likeness (QED) is 0.901. The molecule has 0 aliphatic heterocycles. The van der Waals surface area contributed by atoms with Gasteiger partial charge in [-0.2, -0.15) is 0 Å². The first-order chi connectivity index (χ1) is 9.50. The van der Waals surface area contributed by atoms with Gasteiger partial charge in [0.2, 0.25) is 0 Å². The molecule has 1 aromatic carbocycles. The summed E-state index contributed by atoms with van der Waals surface area (Å²) in [6.45, 7) is 1.52. The number of anilines is 1. The molecular weight excluding hydrogens is 263 g/mol. The first-order valence-corrected chi connectivity index (χ1v) is 5.75. The molecule has 0 spiro atoms. The molecule has 2 rings (SSSR count). The lowest BCUT2D eigenvalue weighted by Gasteiger charge is -2.09. The van der Waals surface area contributed by atoms with Gasteiger partial charge in [0.1, 0.15) is 11.5 Å². The molecule has 0 radical (unpaired) electrons. The lowest BCUT2D eigenvalue weighted by molar-refractivity contribution is 0.0691.